The van der Waals surface area contributed by atoms with Gasteiger partial charge in [-0.05, 0) is 48.7 Å². The van der Waals surface area contributed by atoms with E-state index in [1.807, 2.05) is 0 Å². The lowest BCUT2D eigenvalue weighted by molar-refractivity contribution is 0.440. The zero-order valence-corrected chi connectivity index (χ0v) is 12.0. The van der Waals surface area contributed by atoms with Crippen LogP contribution in [0.3, 0.4) is 0 Å². The van der Waals surface area contributed by atoms with Crippen LogP contribution in [0, 0.1) is 11.6 Å². The molecule has 1 aliphatic carbocycles. The Balaban J connectivity index is 1.72. The smallest absolute Gasteiger partial charge is 0.166 e. The van der Waals surface area contributed by atoms with Gasteiger partial charge in [-0.25, -0.2) is 8.78 Å². The molecule has 1 saturated carbocycles. The van der Waals surface area contributed by atoms with E-state index in [0.29, 0.717) is 12.6 Å². The quantitative estimate of drug-likeness (QED) is 0.867. The second-order valence-electron chi connectivity index (χ2n) is 5.10. The van der Waals surface area contributed by atoms with Crippen molar-refractivity contribution in [2.24, 2.45) is 0 Å². The Bertz CT molecular complexity index is 659. The lowest BCUT2D eigenvalue weighted by atomic mass is 10.2. The van der Waals surface area contributed by atoms with Crippen LogP contribution in [0.1, 0.15) is 18.4 Å². The minimum atomic E-state index is -0.467. The summed E-state index contributed by atoms with van der Waals surface area (Å²) in [5, 5.41) is 3.42. The fourth-order valence-corrected chi connectivity index (χ4v) is 2.17. The first-order chi connectivity index (χ1) is 10.1. The van der Waals surface area contributed by atoms with Gasteiger partial charge in [0.1, 0.15) is 11.6 Å². The van der Waals surface area contributed by atoms with Crippen LogP contribution in [0.5, 0.6) is 11.5 Å². The van der Waals surface area contributed by atoms with Gasteiger partial charge in [-0.2, -0.15) is 0 Å². The number of ether oxygens (including phenoxy) is 1. The van der Waals surface area contributed by atoms with E-state index in [2.05, 4.69) is 5.32 Å². The fraction of sp³-hybridized carbons (Fsp3) is 0.250. The molecule has 2 aromatic carbocycles. The molecule has 5 heteroatoms. The summed E-state index contributed by atoms with van der Waals surface area (Å²) in [5.41, 5.74) is 0.858. The van der Waals surface area contributed by atoms with Gasteiger partial charge in [-0.15, -0.1) is 0 Å². The molecule has 110 valence electrons. The number of nitrogens with one attached hydrogen (secondary N) is 1. The molecule has 21 heavy (non-hydrogen) atoms. The van der Waals surface area contributed by atoms with Crippen molar-refractivity contribution in [2.75, 3.05) is 0 Å². The minimum absolute atomic E-state index is 0.0682. The van der Waals surface area contributed by atoms with Crippen molar-refractivity contribution in [3.05, 3.63) is 58.6 Å². The van der Waals surface area contributed by atoms with E-state index in [-0.39, 0.29) is 16.5 Å². The monoisotopic (exact) mass is 309 g/mol. The molecule has 0 bridgehead atoms. The van der Waals surface area contributed by atoms with Gasteiger partial charge in [0.2, 0.25) is 0 Å². The number of hydrogen-bond donors (Lipinski definition) is 1. The predicted molar refractivity (Wildman–Crippen MR) is 77.7 cm³/mol. The summed E-state index contributed by atoms with van der Waals surface area (Å²) in [7, 11) is 0. The fourth-order valence-electron chi connectivity index (χ4n) is 1.96. The van der Waals surface area contributed by atoms with E-state index < -0.39 is 11.6 Å². The average Bonchev–Trinajstić information content (AvgIpc) is 3.26. The van der Waals surface area contributed by atoms with Crippen molar-refractivity contribution < 1.29 is 13.5 Å². The molecule has 0 aromatic heterocycles. The summed E-state index contributed by atoms with van der Waals surface area (Å²) < 4.78 is 32.4. The zero-order chi connectivity index (χ0) is 14.8. The summed E-state index contributed by atoms with van der Waals surface area (Å²) >= 11 is 5.86. The van der Waals surface area contributed by atoms with E-state index in [4.69, 9.17) is 16.3 Å². The number of rotatable bonds is 5. The van der Waals surface area contributed by atoms with Crippen molar-refractivity contribution in [3.63, 3.8) is 0 Å². The summed E-state index contributed by atoms with van der Waals surface area (Å²) in [6, 6.07) is 9.07. The van der Waals surface area contributed by atoms with Crippen LogP contribution in [-0.4, -0.2) is 6.04 Å². The first kappa shape index (κ1) is 14.3. The van der Waals surface area contributed by atoms with Crippen LogP contribution in [0.15, 0.2) is 36.4 Å². The van der Waals surface area contributed by atoms with Crippen LogP contribution in [0.2, 0.25) is 5.02 Å². The van der Waals surface area contributed by atoms with Crippen molar-refractivity contribution in [1.29, 1.82) is 0 Å². The maximum atomic E-state index is 14.0. The van der Waals surface area contributed by atoms with Gasteiger partial charge in [0.25, 0.3) is 0 Å². The van der Waals surface area contributed by atoms with Crippen molar-refractivity contribution in [2.45, 2.75) is 25.4 Å². The normalized spacial score (nSPS) is 14.2. The molecule has 0 aliphatic heterocycles. The van der Waals surface area contributed by atoms with E-state index in [9.17, 15) is 8.78 Å². The molecule has 0 saturated heterocycles. The van der Waals surface area contributed by atoms with Gasteiger partial charge < -0.3 is 10.1 Å². The SMILES string of the molecule is Fc1ccc(Oc2ccc(CNC3CC3)cc2F)c(Cl)c1. The second kappa shape index (κ2) is 6.00. The highest BCUT2D eigenvalue weighted by Crippen LogP contribution is 2.31. The molecule has 0 spiro atoms. The summed E-state index contributed by atoms with van der Waals surface area (Å²) in [6.07, 6.45) is 2.37. The third-order valence-electron chi connectivity index (χ3n) is 3.28. The number of hydrogen-bond acceptors (Lipinski definition) is 2. The molecule has 0 atom stereocenters. The summed E-state index contributed by atoms with van der Waals surface area (Å²) in [4.78, 5) is 0. The highest BCUT2D eigenvalue weighted by atomic mass is 35.5. The van der Waals surface area contributed by atoms with Gasteiger partial charge in [-0.3, -0.25) is 0 Å². The third kappa shape index (κ3) is 3.71. The van der Waals surface area contributed by atoms with Crippen LogP contribution >= 0.6 is 11.6 Å². The Morgan fingerprint density at radius 2 is 1.86 bits per heavy atom. The molecular formula is C16H14ClF2NO. The Labute approximate surface area is 126 Å². The molecule has 0 heterocycles. The summed E-state index contributed by atoms with van der Waals surface area (Å²) in [5.74, 6) is -0.640. The molecule has 0 radical (unpaired) electrons. The standard InChI is InChI=1S/C16H14ClF2NO/c17-13-8-11(18)2-6-15(13)21-16-5-1-10(7-14(16)19)9-20-12-3-4-12/h1-2,5-8,12,20H,3-4,9H2. The number of halogens is 3. The summed E-state index contributed by atoms with van der Waals surface area (Å²) in [6.45, 7) is 0.638. The topological polar surface area (TPSA) is 21.3 Å². The Morgan fingerprint density at radius 1 is 1.10 bits per heavy atom. The Morgan fingerprint density at radius 3 is 2.52 bits per heavy atom. The average molecular weight is 310 g/mol. The predicted octanol–water partition coefficient (Wildman–Crippen LogP) is 4.66. The van der Waals surface area contributed by atoms with Gasteiger partial charge in [0.05, 0.1) is 5.02 Å². The molecular weight excluding hydrogens is 296 g/mol. The van der Waals surface area contributed by atoms with Crippen LogP contribution in [-0.2, 0) is 6.54 Å². The van der Waals surface area contributed by atoms with E-state index >= 15 is 0 Å². The molecule has 2 aromatic rings. The maximum absolute atomic E-state index is 14.0. The highest BCUT2D eigenvalue weighted by Gasteiger charge is 2.20. The first-order valence-corrected chi connectivity index (χ1v) is 7.14. The van der Waals surface area contributed by atoms with E-state index in [1.165, 1.54) is 31.0 Å². The van der Waals surface area contributed by atoms with Crippen molar-refractivity contribution in [3.8, 4) is 11.5 Å². The largest absolute Gasteiger partial charge is 0.453 e. The lowest BCUT2D eigenvalue weighted by Gasteiger charge is -2.10. The second-order valence-corrected chi connectivity index (χ2v) is 5.50. The number of benzene rings is 2. The van der Waals surface area contributed by atoms with Crippen LogP contribution in [0.25, 0.3) is 0 Å². The van der Waals surface area contributed by atoms with Gasteiger partial charge in [0.15, 0.2) is 11.6 Å². The molecule has 1 N–H and O–H groups in total. The van der Waals surface area contributed by atoms with Crippen LogP contribution in [0.4, 0.5) is 8.78 Å². The first-order valence-electron chi connectivity index (χ1n) is 6.76. The Hall–Kier alpha value is -1.65. The third-order valence-corrected chi connectivity index (χ3v) is 3.58. The lowest BCUT2D eigenvalue weighted by Crippen LogP contribution is -2.15. The van der Waals surface area contributed by atoms with Gasteiger partial charge >= 0.3 is 0 Å². The van der Waals surface area contributed by atoms with E-state index in [0.717, 1.165) is 11.6 Å². The maximum Gasteiger partial charge on any atom is 0.166 e. The molecule has 1 fully saturated rings. The highest BCUT2D eigenvalue weighted by molar-refractivity contribution is 6.32. The molecule has 0 amide bonds. The zero-order valence-electron chi connectivity index (χ0n) is 11.2. The molecule has 0 unspecified atom stereocenters. The molecule has 1 aliphatic rings. The van der Waals surface area contributed by atoms with Gasteiger partial charge in [0, 0.05) is 12.6 Å². The van der Waals surface area contributed by atoms with Crippen molar-refractivity contribution in [1.82, 2.24) is 5.32 Å². The van der Waals surface area contributed by atoms with Crippen LogP contribution < -0.4 is 10.1 Å². The minimum Gasteiger partial charge on any atom is -0.453 e. The van der Waals surface area contributed by atoms with E-state index in [1.54, 1.807) is 12.1 Å². The Kier molecular flexibility index (Phi) is 4.08. The molecule has 3 rings (SSSR count). The van der Waals surface area contributed by atoms with Gasteiger partial charge in [-0.1, -0.05) is 17.7 Å². The molecule has 2 nitrogen and oxygen atoms in total. The van der Waals surface area contributed by atoms with Crippen molar-refractivity contribution >= 4 is 11.6 Å².